The van der Waals surface area contributed by atoms with E-state index in [1.165, 1.54) is 0 Å². The largest absolute Gasteiger partial charge is 0.285 e. The van der Waals surface area contributed by atoms with Crippen molar-refractivity contribution in [3.63, 3.8) is 0 Å². The predicted octanol–water partition coefficient (Wildman–Crippen LogP) is -1.77. The molecule has 0 aromatic carbocycles. The minimum Gasteiger partial charge on any atom is -0.285 e. The normalized spacial score (nSPS) is 25.9. The molecule has 16 heteroatoms. The molecule has 2 heterocycles. The zero-order valence-electron chi connectivity index (χ0n) is 11.3. The molecule has 2 aliphatic rings. The van der Waals surface area contributed by atoms with Crippen LogP contribution in [-0.2, 0) is 39.4 Å². The highest BCUT2D eigenvalue weighted by Gasteiger charge is 2.50. The number of nitrogens with zero attached hydrogens (tertiary/aromatic N) is 2. The number of hydrogen-bond acceptors (Lipinski definition) is 10. The molecular weight excluding hydrogens is 412 g/mol. The standard InChI is InChI=1S/C8H8N2O10S4/c11-5-1-3(23(15,16)17)7(13)9(5)21-22-10-6(12)2-4(8(10)14)24(18,19)20/h3-4H,1-2H2,(H,15,16,17)(H,18,19,20). The van der Waals surface area contributed by atoms with Gasteiger partial charge in [-0.1, -0.05) is 0 Å². The Bertz CT molecular complexity index is 763. The lowest BCUT2D eigenvalue weighted by Gasteiger charge is -2.16. The summed E-state index contributed by atoms with van der Waals surface area (Å²) in [6.07, 6.45) is -1.61. The van der Waals surface area contributed by atoms with Crippen molar-refractivity contribution in [1.82, 2.24) is 8.61 Å². The predicted molar refractivity (Wildman–Crippen MR) is 78.8 cm³/mol. The Morgan fingerprint density at radius 3 is 1.25 bits per heavy atom. The smallest absolute Gasteiger partial charge is 0.277 e. The van der Waals surface area contributed by atoms with Crippen molar-refractivity contribution in [2.75, 3.05) is 0 Å². The van der Waals surface area contributed by atoms with Crippen LogP contribution in [0.4, 0.5) is 0 Å². The maximum Gasteiger partial charge on any atom is 0.277 e. The molecule has 0 saturated carbocycles. The lowest BCUT2D eigenvalue weighted by atomic mass is 10.4. The SMILES string of the molecule is O=C1CC(S(=O)(=O)O)C(=O)N1SSN1C(=O)CC(S(=O)(=O)O)C1=O. The zero-order chi connectivity index (χ0) is 18.4. The molecule has 0 bridgehead atoms. The summed E-state index contributed by atoms with van der Waals surface area (Å²) < 4.78 is 62.3. The Balaban J connectivity index is 2.09. The van der Waals surface area contributed by atoms with Gasteiger partial charge in [-0.2, -0.15) is 16.8 Å². The van der Waals surface area contributed by atoms with Gasteiger partial charge in [-0.3, -0.25) is 28.3 Å². The maximum absolute atomic E-state index is 11.8. The van der Waals surface area contributed by atoms with Gasteiger partial charge in [0.15, 0.2) is 10.5 Å². The Labute approximate surface area is 143 Å². The summed E-state index contributed by atoms with van der Waals surface area (Å²) in [6.45, 7) is 0. The summed E-state index contributed by atoms with van der Waals surface area (Å²) in [5.41, 5.74) is 0. The fourth-order valence-corrected chi connectivity index (χ4v) is 5.60. The molecule has 2 N–H and O–H groups in total. The quantitative estimate of drug-likeness (QED) is 0.221. The van der Waals surface area contributed by atoms with Crippen molar-refractivity contribution in [2.45, 2.75) is 23.3 Å². The molecule has 4 amide bonds. The Hall–Kier alpha value is -1.20. The van der Waals surface area contributed by atoms with Crippen molar-refractivity contribution in [1.29, 1.82) is 0 Å². The van der Waals surface area contributed by atoms with Crippen LogP contribution in [0.5, 0.6) is 0 Å². The topological polar surface area (TPSA) is 183 Å². The van der Waals surface area contributed by atoms with E-state index >= 15 is 0 Å². The first-order chi connectivity index (χ1) is 10.8. The van der Waals surface area contributed by atoms with Crippen molar-refractivity contribution >= 4 is 65.8 Å². The second-order valence-corrected chi connectivity index (χ2v) is 9.74. The first-order valence-corrected chi connectivity index (χ1v) is 10.9. The third kappa shape index (κ3) is 3.57. The van der Waals surface area contributed by atoms with Gasteiger partial charge < -0.3 is 0 Å². The van der Waals surface area contributed by atoms with Gasteiger partial charge in [0, 0.05) is 0 Å². The van der Waals surface area contributed by atoms with E-state index in [9.17, 15) is 36.0 Å². The van der Waals surface area contributed by atoms with Gasteiger partial charge >= 0.3 is 0 Å². The van der Waals surface area contributed by atoms with E-state index in [1.54, 1.807) is 0 Å². The van der Waals surface area contributed by atoms with E-state index in [0.717, 1.165) is 0 Å². The molecule has 2 atom stereocenters. The van der Waals surface area contributed by atoms with Crippen LogP contribution >= 0.6 is 22.0 Å². The Morgan fingerprint density at radius 2 is 1.04 bits per heavy atom. The number of carbonyl (C=O) groups excluding carboxylic acids is 4. The molecule has 24 heavy (non-hydrogen) atoms. The van der Waals surface area contributed by atoms with Crippen LogP contribution in [0, 0.1) is 0 Å². The van der Waals surface area contributed by atoms with E-state index in [0.29, 0.717) is 8.61 Å². The summed E-state index contributed by atoms with van der Waals surface area (Å²) in [4.78, 5) is 46.7. The van der Waals surface area contributed by atoms with Gasteiger partial charge in [-0.25, -0.2) is 8.61 Å². The number of hydrogen-bond donors (Lipinski definition) is 2. The van der Waals surface area contributed by atoms with Gasteiger partial charge in [0.05, 0.1) is 34.8 Å². The monoisotopic (exact) mass is 420 g/mol. The molecule has 134 valence electrons. The summed E-state index contributed by atoms with van der Waals surface area (Å²) in [6, 6.07) is 0. The molecule has 0 spiro atoms. The van der Waals surface area contributed by atoms with Crippen LogP contribution in [-0.4, -0.2) is 68.7 Å². The second-order valence-electron chi connectivity index (χ2n) is 4.62. The van der Waals surface area contributed by atoms with Crippen LogP contribution in [0.3, 0.4) is 0 Å². The van der Waals surface area contributed by atoms with E-state index in [4.69, 9.17) is 9.11 Å². The molecule has 0 aliphatic carbocycles. The lowest BCUT2D eigenvalue weighted by molar-refractivity contribution is -0.133. The molecule has 2 aliphatic heterocycles. The van der Waals surface area contributed by atoms with E-state index in [-0.39, 0.29) is 22.0 Å². The average Bonchev–Trinajstić information content (AvgIpc) is 2.85. The highest BCUT2D eigenvalue weighted by Crippen LogP contribution is 2.38. The van der Waals surface area contributed by atoms with Crippen LogP contribution in [0.15, 0.2) is 0 Å². The van der Waals surface area contributed by atoms with Crippen molar-refractivity contribution in [3.05, 3.63) is 0 Å². The molecule has 0 radical (unpaired) electrons. The van der Waals surface area contributed by atoms with Gasteiger partial charge in [0.1, 0.15) is 0 Å². The number of rotatable bonds is 5. The highest BCUT2D eigenvalue weighted by atomic mass is 33.1. The highest BCUT2D eigenvalue weighted by molar-refractivity contribution is 8.75. The fourth-order valence-electron chi connectivity index (χ4n) is 1.85. The van der Waals surface area contributed by atoms with Gasteiger partial charge in [-0.05, 0) is 0 Å². The molecular formula is C8H8N2O10S4. The van der Waals surface area contributed by atoms with Crippen molar-refractivity contribution in [2.24, 2.45) is 0 Å². The first kappa shape index (κ1) is 19.1. The van der Waals surface area contributed by atoms with Crippen LogP contribution < -0.4 is 0 Å². The molecule has 2 unspecified atom stereocenters. The van der Waals surface area contributed by atoms with Crippen LogP contribution in [0.2, 0.25) is 0 Å². The minimum absolute atomic E-state index is 0.221. The molecule has 2 fully saturated rings. The van der Waals surface area contributed by atoms with E-state index in [1.807, 2.05) is 0 Å². The maximum atomic E-state index is 11.8. The third-order valence-electron chi connectivity index (χ3n) is 3.03. The second kappa shape index (κ2) is 6.26. The summed E-state index contributed by atoms with van der Waals surface area (Å²) in [5, 5.41) is -3.96. The van der Waals surface area contributed by atoms with Crippen LogP contribution in [0.1, 0.15) is 12.8 Å². The summed E-state index contributed by atoms with van der Waals surface area (Å²) in [7, 11) is -9.16. The molecule has 2 rings (SSSR count). The molecule has 0 aromatic heterocycles. The fraction of sp³-hybridized carbons (Fsp3) is 0.500. The molecule has 12 nitrogen and oxygen atoms in total. The first-order valence-electron chi connectivity index (χ1n) is 5.85. The zero-order valence-corrected chi connectivity index (χ0v) is 14.5. The Kier molecular flexibility index (Phi) is 4.99. The molecule has 0 aromatic rings. The van der Waals surface area contributed by atoms with E-state index in [2.05, 4.69) is 0 Å². The number of carbonyl (C=O) groups is 4. The van der Waals surface area contributed by atoms with Crippen molar-refractivity contribution in [3.8, 4) is 0 Å². The summed E-state index contributed by atoms with van der Waals surface area (Å²) >= 11 is 0. The average molecular weight is 420 g/mol. The Morgan fingerprint density at radius 1 is 0.750 bits per heavy atom. The lowest BCUT2D eigenvalue weighted by Crippen LogP contribution is -2.32. The van der Waals surface area contributed by atoms with Gasteiger partial charge in [0.2, 0.25) is 11.8 Å². The third-order valence-corrected chi connectivity index (χ3v) is 7.43. The number of imide groups is 2. The van der Waals surface area contributed by atoms with Gasteiger partial charge in [-0.15, -0.1) is 0 Å². The van der Waals surface area contributed by atoms with Crippen molar-refractivity contribution < 1.29 is 45.1 Å². The van der Waals surface area contributed by atoms with Crippen LogP contribution in [0.25, 0.3) is 0 Å². The van der Waals surface area contributed by atoms with E-state index < -0.39 is 67.2 Å². The number of amides is 4. The molecule has 2 saturated heterocycles. The van der Waals surface area contributed by atoms with Gasteiger partial charge in [0.25, 0.3) is 32.1 Å². The minimum atomic E-state index is -4.80. The summed E-state index contributed by atoms with van der Waals surface area (Å²) in [5.74, 6) is -4.48.